The van der Waals surface area contributed by atoms with Crippen molar-refractivity contribution in [3.63, 3.8) is 0 Å². The van der Waals surface area contributed by atoms with Gasteiger partial charge in [0.15, 0.2) is 17.6 Å². The van der Waals surface area contributed by atoms with Crippen molar-refractivity contribution in [2.75, 3.05) is 14.2 Å². The van der Waals surface area contributed by atoms with Gasteiger partial charge in [0, 0.05) is 12.5 Å². The number of methoxy groups -OCH3 is 2. The number of hydrogen-bond donors (Lipinski definition) is 0. The summed E-state index contributed by atoms with van der Waals surface area (Å²) in [7, 11) is 3.13. The molecule has 0 saturated carbocycles. The highest BCUT2D eigenvalue weighted by atomic mass is 16.6. The van der Waals surface area contributed by atoms with Gasteiger partial charge in [-0.25, -0.2) is 0 Å². The fraction of sp³-hybridized carbons (Fsp3) is 0.324. The predicted molar refractivity (Wildman–Crippen MR) is 159 cm³/mol. The summed E-state index contributed by atoms with van der Waals surface area (Å²) in [5.74, 6) is 1.07. The first kappa shape index (κ1) is 29.7. The van der Waals surface area contributed by atoms with Crippen LogP contribution < -0.4 is 19.6 Å². The number of rotatable bonds is 9. The monoisotopic (exact) mass is 586 g/mol. The van der Waals surface area contributed by atoms with Crippen molar-refractivity contribution in [1.29, 1.82) is 0 Å². The maximum Gasteiger partial charge on any atom is 0.311 e. The number of esters is 2. The zero-order valence-corrected chi connectivity index (χ0v) is 24.8. The first-order valence-corrected chi connectivity index (χ1v) is 14.0. The Morgan fingerprint density at radius 1 is 0.814 bits per heavy atom. The van der Waals surface area contributed by atoms with Crippen LogP contribution in [0.15, 0.2) is 75.9 Å². The molecule has 0 spiro atoms. The highest BCUT2D eigenvalue weighted by Crippen LogP contribution is 2.46. The smallest absolute Gasteiger partial charge is 0.311 e. The molecule has 0 saturated heterocycles. The quantitative estimate of drug-likeness (QED) is 0.234. The van der Waals surface area contributed by atoms with Gasteiger partial charge < -0.3 is 28.1 Å². The number of benzene rings is 3. The Balaban J connectivity index is 1.53. The Kier molecular flexibility index (Phi) is 8.43. The van der Waals surface area contributed by atoms with Crippen LogP contribution in [0.25, 0.3) is 11.0 Å². The van der Waals surface area contributed by atoms with E-state index >= 15 is 0 Å². The van der Waals surface area contributed by atoms with Crippen molar-refractivity contribution < 1.29 is 37.7 Å². The second-order valence-electron chi connectivity index (χ2n) is 10.9. The van der Waals surface area contributed by atoms with E-state index in [4.69, 9.17) is 28.1 Å². The van der Waals surface area contributed by atoms with E-state index in [9.17, 15) is 14.4 Å². The molecule has 0 radical (unpaired) electrons. The van der Waals surface area contributed by atoms with Gasteiger partial charge in [-0.3, -0.25) is 14.4 Å². The number of fused-ring (bicyclic) bond motifs is 3. The van der Waals surface area contributed by atoms with Gasteiger partial charge in [0.25, 0.3) is 0 Å². The third kappa shape index (κ3) is 6.35. The summed E-state index contributed by atoms with van der Waals surface area (Å²) in [6.45, 7) is 5.39. The number of ether oxygens (including phenoxy) is 5. The number of carbonyl (C=O) groups is 2. The first-order chi connectivity index (χ1) is 20.6. The molecule has 1 aliphatic rings. The molecule has 1 aliphatic heterocycles. The first-order valence-electron chi connectivity index (χ1n) is 14.0. The molecule has 1 aromatic heterocycles. The Labute approximate surface area is 249 Å². The van der Waals surface area contributed by atoms with E-state index in [0.29, 0.717) is 45.9 Å². The van der Waals surface area contributed by atoms with Crippen LogP contribution in [0.2, 0.25) is 0 Å². The van der Waals surface area contributed by atoms with Crippen molar-refractivity contribution in [3.8, 4) is 17.2 Å². The molecular formula is C34H34O9. The lowest BCUT2D eigenvalue weighted by atomic mass is 9.87. The molecule has 9 nitrogen and oxygen atoms in total. The zero-order chi connectivity index (χ0) is 30.7. The number of aryl methyl sites for hydroxylation is 1. The summed E-state index contributed by atoms with van der Waals surface area (Å²) in [5.41, 5.74) is 0.664. The lowest BCUT2D eigenvalue weighted by Crippen LogP contribution is -2.52. The molecule has 9 heteroatoms. The number of carbonyl (C=O) groups excluding carboxylic acids is 2. The maximum atomic E-state index is 13.4. The third-order valence-electron chi connectivity index (χ3n) is 7.44. The van der Waals surface area contributed by atoms with Crippen molar-refractivity contribution in [2.45, 2.75) is 57.8 Å². The van der Waals surface area contributed by atoms with Gasteiger partial charge in [-0.1, -0.05) is 31.2 Å². The average Bonchev–Trinajstić information content (AvgIpc) is 2.99. The summed E-state index contributed by atoms with van der Waals surface area (Å²) in [4.78, 5) is 39.7. The van der Waals surface area contributed by atoms with Crippen LogP contribution in [0.4, 0.5) is 0 Å². The zero-order valence-electron chi connectivity index (χ0n) is 24.8. The molecule has 0 bridgehead atoms. The number of hydrogen-bond acceptors (Lipinski definition) is 9. The highest BCUT2D eigenvalue weighted by Gasteiger charge is 2.50. The summed E-state index contributed by atoms with van der Waals surface area (Å²) >= 11 is 0. The minimum atomic E-state index is -1.12. The van der Waals surface area contributed by atoms with Gasteiger partial charge in [-0.2, -0.15) is 0 Å². The van der Waals surface area contributed by atoms with Crippen LogP contribution in [0.5, 0.6) is 17.2 Å². The molecule has 43 heavy (non-hydrogen) atoms. The third-order valence-corrected chi connectivity index (χ3v) is 7.44. The van der Waals surface area contributed by atoms with Crippen LogP contribution in [-0.2, 0) is 38.3 Å². The standard InChI is InChI=1S/C34H34O9/c1-6-22-19-26(35)25-15-16-27-30(31(25)40-22)32(41-28(36)17-20-7-11-23(38-4)12-8-20)33(34(2,3)43-27)42-29(37)18-21-9-13-24(39-5)14-10-21/h7-16,19,32-33H,6,17-18H2,1-5H3/t32-,33-/m1/s1. The van der Waals surface area contributed by atoms with E-state index in [2.05, 4.69) is 0 Å². The molecule has 5 rings (SSSR count). The minimum Gasteiger partial charge on any atom is -0.497 e. The Morgan fingerprint density at radius 3 is 1.91 bits per heavy atom. The fourth-order valence-corrected chi connectivity index (χ4v) is 5.17. The molecular weight excluding hydrogens is 552 g/mol. The van der Waals surface area contributed by atoms with Gasteiger partial charge in [0.2, 0.25) is 0 Å². The fourth-order valence-electron chi connectivity index (χ4n) is 5.17. The van der Waals surface area contributed by atoms with Crippen LogP contribution >= 0.6 is 0 Å². The predicted octanol–water partition coefficient (Wildman–Crippen LogP) is 5.53. The molecule has 2 heterocycles. The highest BCUT2D eigenvalue weighted by molar-refractivity contribution is 5.84. The van der Waals surface area contributed by atoms with Crippen molar-refractivity contribution in [1.82, 2.24) is 0 Å². The SMILES string of the molecule is CCc1cc(=O)c2ccc3c(c2o1)[C@@H](OC(=O)Cc1ccc(OC)cc1)[C@@H](OC(=O)Cc1ccc(OC)cc1)C(C)(C)O3. The molecule has 0 amide bonds. The molecule has 0 fully saturated rings. The molecule has 0 N–H and O–H groups in total. The van der Waals surface area contributed by atoms with E-state index in [-0.39, 0.29) is 23.9 Å². The molecule has 0 unspecified atom stereocenters. The molecule has 0 aliphatic carbocycles. The normalized spacial score (nSPS) is 17.0. The summed E-state index contributed by atoms with van der Waals surface area (Å²) in [6, 6.07) is 18.9. The van der Waals surface area contributed by atoms with Crippen molar-refractivity contribution >= 4 is 22.9 Å². The summed E-state index contributed by atoms with van der Waals surface area (Å²) < 4.78 is 35.1. The van der Waals surface area contributed by atoms with Gasteiger partial charge in [-0.15, -0.1) is 0 Å². The van der Waals surface area contributed by atoms with Gasteiger partial charge in [-0.05, 0) is 61.4 Å². The second-order valence-corrected chi connectivity index (χ2v) is 10.9. The molecule has 224 valence electrons. The lowest BCUT2D eigenvalue weighted by molar-refractivity contribution is -0.189. The van der Waals surface area contributed by atoms with Crippen molar-refractivity contribution in [2.24, 2.45) is 0 Å². The lowest BCUT2D eigenvalue weighted by Gasteiger charge is -2.43. The Morgan fingerprint density at radius 2 is 1.37 bits per heavy atom. The van der Waals surface area contributed by atoms with E-state index in [1.165, 1.54) is 6.07 Å². The van der Waals surface area contributed by atoms with Gasteiger partial charge in [0.1, 0.15) is 34.2 Å². The maximum absolute atomic E-state index is 13.4. The topological polar surface area (TPSA) is 110 Å². The summed E-state index contributed by atoms with van der Waals surface area (Å²) in [5, 5.41) is 0.304. The largest absolute Gasteiger partial charge is 0.497 e. The molecule has 2 atom stereocenters. The van der Waals surface area contributed by atoms with Crippen LogP contribution in [0.3, 0.4) is 0 Å². The van der Waals surface area contributed by atoms with E-state index in [1.54, 1.807) is 88.7 Å². The van der Waals surface area contributed by atoms with Crippen molar-refractivity contribution in [3.05, 3.63) is 99.4 Å². The molecule has 4 aromatic rings. The van der Waals surface area contributed by atoms with E-state index in [1.807, 2.05) is 6.92 Å². The van der Waals surface area contributed by atoms with Gasteiger partial charge in [0.05, 0.1) is 38.0 Å². The average molecular weight is 587 g/mol. The Bertz CT molecular complexity index is 1680. The van der Waals surface area contributed by atoms with Crippen LogP contribution in [0.1, 0.15) is 49.3 Å². The Hall–Kier alpha value is -4.79. The van der Waals surface area contributed by atoms with Crippen LogP contribution in [0, 0.1) is 0 Å². The van der Waals surface area contributed by atoms with Crippen LogP contribution in [-0.4, -0.2) is 37.9 Å². The van der Waals surface area contributed by atoms with Gasteiger partial charge >= 0.3 is 11.9 Å². The molecule has 3 aromatic carbocycles. The second kappa shape index (κ2) is 12.2. The van der Waals surface area contributed by atoms with E-state index < -0.39 is 29.7 Å². The van der Waals surface area contributed by atoms with E-state index in [0.717, 1.165) is 5.56 Å². The summed E-state index contributed by atoms with van der Waals surface area (Å²) in [6.07, 6.45) is -1.78. The minimum absolute atomic E-state index is 0.0272.